The molecule has 0 aromatic rings. The van der Waals surface area contributed by atoms with Crippen LogP contribution in [0, 0.1) is 5.41 Å². The first-order valence-electron chi connectivity index (χ1n) is 8.46. The predicted molar refractivity (Wildman–Crippen MR) is 88.7 cm³/mol. The summed E-state index contributed by atoms with van der Waals surface area (Å²) in [6, 6.07) is 0. The van der Waals surface area contributed by atoms with Crippen LogP contribution in [0.25, 0.3) is 0 Å². The van der Waals surface area contributed by atoms with Crippen LogP contribution >= 0.6 is 11.6 Å². The largest absolute Gasteiger partial charge is 0.315 e. The maximum atomic E-state index is 6.24. The fourth-order valence-corrected chi connectivity index (χ4v) is 2.88. The molecule has 0 aliphatic heterocycles. The molecule has 0 spiro atoms. The van der Waals surface area contributed by atoms with E-state index in [1.807, 2.05) is 0 Å². The Labute approximate surface area is 126 Å². The molecule has 2 N–H and O–H groups in total. The van der Waals surface area contributed by atoms with E-state index in [0.717, 1.165) is 0 Å². The third-order valence-electron chi connectivity index (χ3n) is 4.37. The predicted octanol–water partition coefficient (Wildman–Crippen LogP) is 6.24. The zero-order chi connectivity index (χ0) is 14.6. The molecule has 0 aliphatic carbocycles. The average molecular weight is 290 g/mol. The normalized spacial score (nSPS) is 13.7. The Kier molecular flexibility index (Phi) is 12.2. The van der Waals surface area contributed by atoms with Crippen molar-refractivity contribution in [3.8, 4) is 0 Å². The lowest BCUT2D eigenvalue weighted by molar-refractivity contribution is 0.240. The number of rotatable bonds is 13. The minimum absolute atomic E-state index is 0.139. The van der Waals surface area contributed by atoms with E-state index in [-0.39, 0.29) is 10.9 Å². The van der Waals surface area contributed by atoms with Crippen molar-refractivity contribution in [3.63, 3.8) is 0 Å². The summed E-state index contributed by atoms with van der Waals surface area (Å²) in [5, 5.41) is 0. The Morgan fingerprint density at radius 1 is 0.789 bits per heavy atom. The van der Waals surface area contributed by atoms with E-state index in [9.17, 15) is 0 Å². The number of halogens is 1. The molecule has 0 aromatic heterocycles. The summed E-state index contributed by atoms with van der Waals surface area (Å²) in [5.41, 5.74) is 5.97. The van der Waals surface area contributed by atoms with Crippen molar-refractivity contribution < 1.29 is 0 Å². The van der Waals surface area contributed by atoms with Gasteiger partial charge in [-0.05, 0) is 18.3 Å². The molecule has 1 unspecified atom stereocenters. The van der Waals surface area contributed by atoms with Crippen LogP contribution in [-0.2, 0) is 0 Å². The van der Waals surface area contributed by atoms with Gasteiger partial charge in [0.25, 0.3) is 0 Å². The second-order valence-electron chi connectivity index (χ2n) is 6.38. The Hall–Kier alpha value is 0.250. The van der Waals surface area contributed by atoms with Gasteiger partial charge in [0.1, 0.15) is 0 Å². The molecule has 1 atom stereocenters. The summed E-state index contributed by atoms with van der Waals surface area (Å²) in [5.74, 6) is 0. The van der Waals surface area contributed by atoms with Gasteiger partial charge in [-0.25, -0.2) is 0 Å². The third kappa shape index (κ3) is 9.73. The highest BCUT2D eigenvalue weighted by molar-refractivity contribution is 6.20. The van der Waals surface area contributed by atoms with Crippen molar-refractivity contribution in [1.82, 2.24) is 0 Å². The molecule has 0 heterocycles. The lowest BCUT2D eigenvalue weighted by atomic mass is 9.79. The van der Waals surface area contributed by atoms with Gasteiger partial charge in [0.2, 0.25) is 0 Å². The van der Waals surface area contributed by atoms with E-state index in [2.05, 4.69) is 20.8 Å². The highest BCUT2D eigenvalue weighted by Crippen LogP contribution is 2.35. The van der Waals surface area contributed by atoms with Crippen molar-refractivity contribution >= 4 is 11.6 Å². The molecule has 1 nitrogen and oxygen atoms in total. The molecule has 0 aromatic carbocycles. The Balaban J connectivity index is 3.84. The van der Waals surface area contributed by atoms with E-state index in [1.54, 1.807) is 0 Å². The van der Waals surface area contributed by atoms with Crippen LogP contribution in [0.5, 0.6) is 0 Å². The molecular weight excluding hydrogens is 254 g/mol. The van der Waals surface area contributed by atoms with Gasteiger partial charge in [-0.15, -0.1) is 11.6 Å². The van der Waals surface area contributed by atoms with Crippen LogP contribution in [0.15, 0.2) is 0 Å². The lowest BCUT2D eigenvalue weighted by Gasteiger charge is -2.32. The number of unbranched alkanes of at least 4 members (excludes halogenated alkanes) is 8. The highest BCUT2D eigenvalue weighted by Gasteiger charge is 2.29. The molecule has 0 radical (unpaired) electrons. The Morgan fingerprint density at radius 3 is 1.47 bits per heavy atom. The van der Waals surface area contributed by atoms with Crippen LogP contribution in [-0.4, -0.2) is 5.50 Å². The zero-order valence-electron chi connectivity index (χ0n) is 13.5. The molecule has 0 rings (SSSR count). The van der Waals surface area contributed by atoms with Crippen molar-refractivity contribution in [1.29, 1.82) is 0 Å². The van der Waals surface area contributed by atoms with E-state index in [1.165, 1.54) is 77.0 Å². The minimum atomic E-state index is -0.190. The topological polar surface area (TPSA) is 26.0 Å². The molecule has 0 aliphatic rings. The molecule has 0 bridgehead atoms. The van der Waals surface area contributed by atoms with Crippen LogP contribution < -0.4 is 5.73 Å². The molecule has 0 fully saturated rings. The van der Waals surface area contributed by atoms with Crippen molar-refractivity contribution in [2.45, 2.75) is 103 Å². The first-order valence-corrected chi connectivity index (χ1v) is 8.90. The fraction of sp³-hybridized carbons (Fsp3) is 1.00. The molecule has 0 saturated carbocycles. The van der Waals surface area contributed by atoms with Gasteiger partial charge >= 0.3 is 0 Å². The van der Waals surface area contributed by atoms with Gasteiger partial charge in [-0.2, -0.15) is 0 Å². The summed E-state index contributed by atoms with van der Waals surface area (Å²) in [6.45, 7) is 6.80. The summed E-state index contributed by atoms with van der Waals surface area (Å²) in [7, 11) is 0. The monoisotopic (exact) mass is 289 g/mol. The smallest absolute Gasteiger partial charge is 0.0854 e. The summed E-state index contributed by atoms with van der Waals surface area (Å²) in [6.07, 6.45) is 15.7. The van der Waals surface area contributed by atoms with Gasteiger partial charge in [0, 0.05) is 0 Å². The SMILES string of the molecule is CCCCCCCC(C)(CCCCCCC)C(N)Cl. The lowest BCUT2D eigenvalue weighted by Crippen LogP contribution is -2.35. The summed E-state index contributed by atoms with van der Waals surface area (Å²) >= 11 is 6.24. The molecule has 0 saturated heterocycles. The second-order valence-corrected chi connectivity index (χ2v) is 6.85. The minimum Gasteiger partial charge on any atom is -0.315 e. The first-order chi connectivity index (χ1) is 9.06. The Morgan fingerprint density at radius 2 is 1.16 bits per heavy atom. The number of alkyl halides is 1. The zero-order valence-corrected chi connectivity index (χ0v) is 14.3. The molecule has 116 valence electrons. The third-order valence-corrected chi connectivity index (χ3v) is 4.90. The highest BCUT2D eigenvalue weighted by atomic mass is 35.5. The van der Waals surface area contributed by atoms with Gasteiger partial charge in [-0.3, -0.25) is 0 Å². The van der Waals surface area contributed by atoms with Gasteiger partial charge in [0.05, 0.1) is 5.50 Å². The maximum absolute atomic E-state index is 6.24. The maximum Gasteiger partial charge on any atom is 0.0854 e. The van der Waals surface area contributed by atoms with E-state index in [4.69, 9.17) is 17.3 Å². The van der Waals surface area contributed by atoms with Crippen molar-refractivity contribution in [3.05, 3.63) is 0 Å². The van der Waals surface area contributed by atoms with Gasteiger partial charge in [-0.1, -0.05) is 85.0 Å². The first kappa shape index (κ1) is 19.2. The standard InChI is InChI=1S/C17H36ClN/c1-4-6-8-10-12-14-17(3,16(18)19)15-13-11-9-7-5-2/h16H,4-15,19H2,1-3H3. The van der Waals surface area contributed by atoms with Crippen molar-refractivity contribution in [2.75, 3.05) is 0 Å². The fourth-order valence-electron chi connectivity index (χ4n) is 2.67. The molecule has 0 amide bonds. The van der Waals surface area contributed by atoms with Crippen LogP contribution in [0.2, 0.25) is 0 Å². The molecular formula is C17H36ClN. The van der Waals surface area contributed by atoms with Crippen molar-refractivity contribution in [2.24, 2.45) is 11.1 Å². The molecule has 19 heavy (non-hydrogen) atoms. The van der Waals surface area contributed by atoms with Gasteiger partial charge in [0.15, 0.2) is 0 Å². The van der Waals surface area contributed by atoms with Crippen LogP contribution in [0.1, 0.15) is 97.8 Å². The second kappa shape index (κ2) is 12.0. The summed E-state index contributed by atoms with van der Waals surface area (Å²) < 4.78 is 0. The van der Waals surface area contributed by atoms with Crippen LogP contribution in [0.4, 0.5) is 0 Å². The average Bonchev–Trinajstić information content (AvgIpc) is 2.38. The number of nitrogens with two attached hydrogens (primary N) is 1. The van der Waals surface area contributed by atoms with E-state index >= 15 is 0 Å². The van der Waals surface area contributed by atoms with E-state index in [0.29, 0.717) is 0 Å². The summed E-state index contributed by atoms with van der Waals surface area (Å²) in [4.78, 5) is 0. The number of hydrogen-bond acceptors (Lipinski definition) is 1. The quantitative estimate of drug-likeness (QED) is 0.242. The van der Waals surface area contributed by atoms with Gasteiger partial charge < -0.3 is 5.73 Å². The number of hydrogen-bond donors (Lipinski definition) is 1. The van der Waals surface area contributed by atoms with E-state index < -0.39 is 0 Å². The molecule has 2 heteroatoms. The Bertz CT molecular complexity index is 178. The van der Waals surface area contributed by atoms with Crippen LogP contribution in [0.3, 0.4) is 0 Å².